The Kier molecular flexibility index (Phi) is 5.97. The Hall–Kier alpha value is -2.77. The zero-order valence-corrected chi connectivity index (χ0v) is 17.3. The van der Waals surface area contributed by atoms with Gasteiger partial charge in [0, 0.05) is 25.2 Å². The molecule has 0 aliphatic carbocycles. The van der Waals surface area contributed by atoms with Crippen LogP contribution in [0.4, 0.5) is 24.7 Å². The van der Waals surface area contributed by atoms with Crippen LogP contribution in [0.1, 0.15) is 44.7 Å². The van der Waals surface area contributed by atoms with Gasteiger partial charge in [-0.25, -0.2) is 4.98 Å². The summed E-state index contributed by atoms with van der Waals surface area (Å²) in [6.45, 7) is 7.19. The number of hydrogen-bond donors (Lipinski definition) is 2. The Balaban J connectivity index is 1.61. The number of alkyl halides is 3. The summed E-state index contributed by atoms with van der Waals surface area (Å²) in [5.41, 5.74) is 0.489. The van der Waals surface area contributed by atoms with Gasteiger partial charge in [-0.15, -0.1) is 0 Å². The number of halogens is 3. The molecule has 3 rings (SSSR count). The number of anilines is 2. The first-order valence-electron chi connectivity index (χ1n) is 9.88. The maximum absolute atomic E-state index is 12.7. The topological polar surface area (TPSA) is 65.5 Å². The number of aromatic nitrogens is 1. The van der Waals surface area contributed by atoms with Crippen LogP contribution in [0.25, 0.3) is 0 Å². The van der Waals surface area contributed by atoms with Gasteiger partial charge >= 0.3 is 6.18 Å². The normalized spacial score (nSPS) is 15.9. The first kappa shape index (κ1) is 21.9. The number of pyridine rings is 1. The molecule has 0 radical (unpaired) electrons. The van der Waals surface area contributed by atoms with Crippen molar-refractivity contribution in [2.45, 2.75) is 45.2 Å². The van der Waals surface area contributed by atoms with Gasteiger partial charge in [0.2, 0.25) is 5.91 Å². The standard InChI is InChI=1S/C22H26F3N3O2/c1-21(2,3)15-4-6-18(29)17(12-15)27-20(30)14-8-10-28(11-9-14)19-7-5-16(13-26-19)22(23,24)25/h4-7,12-14,29H,8-11H2,1-3H3,(H,27,30). The molecule has 0 spiro atoms. The van der Waals surface area contributed by atoms with E-state index in [0.717, 1.165) is 17.8 Å². The van der Waals surface area contributed by atoms with Crippen LogP contribution < -0.4 is 10.2 Å². The number of phenols is 1. The molecule has 0 atom stereocenters. The molecule has 1 aromatic carbocycles. The second-order valence-electron chi connectivity index (χ2n) is 8.64. The minimum Gasteiger partial charge on any atom is -0.506 e. The minimum atomic E-state index is -4.41. The monoisotopic (exact) mass is 421 g/mol. The zero-order valence-electron chi connectivity index (χ0n) is 17.3. The van der Waals surface area contributed by atoms with E-state index >= 15 is 0 Å². The summed E-state index contributed by atoms with van der Waals surface area (Å²) >= 11 is 0. The average molecular weight is 421 g/mol. The maximum Gasteiger partial charge on any atom is 0.417 e. The van der Waals surface area contributed by atoms with E-state index in [2.05, 4.69) is 31.1 Å². The van der Waals surface area contributed by atoms with Crippen LogP contribution in [0.3, 0.4) is 0 Å². The smallest absolute Gasteiger partial charge is 0.417 e. The lowest BCUT2D eigenvalue weighted by Gasteiger charge is -2.32. The van der Waals surface area contributed by atoms with Crippen LogP contribution in [0.5, 0.6) is 5.75 Å². The first-order chi connectivity index (χ1) is 13.9. The molecule has 8 heteroatoms. The van der Waals surface area contributed by atoms with Gasteiger partial charge in [-0.2, -0.15) is 13.2 Å². The molecule has 2 N–H and O–H groups in total. The van der Waals surface area contributed by atoms with Crippen molar-refractivity contribution in [2.75, 3.05) is 23.3 Å². The lowest BCUT2D eigenvalue weighted by atomic mass is 9.86. The van der Waals surface area contributed by atoms with Crippen molar-refractivity contribution in [3.05, 3.63) is 47.7 Å². The molecule has 30 heavy (non-hydrogen) atoms. The molecule has 5 nitrogen and oxygen atoms in total. The fraction of sp³-hybridized carbons (Fsp3) is 0.455. The number of rotatable bonds is 3. The van der Waals surface area contributed by atoms with Crippen LogP contribution in [0, 0.1) is 5.92 Å². The van der Waals surface area contributed by atoms with Gasteiger partial charge < -0.3 is 15.3 Å². The number of phenolic OH excluding ortho intramolecular Hbond substituents is 1. The number of carbonyl (C=O) groups is 1. The predicted molar refractivity (Wildman–Crippen MR) is 110 cm³/mol. The summed E-state index contributed by atoms with van der Waals surface area (Å²) in [4.78, 5) is 18.5. The quantitative estimate of drug-likeness (QED) is 0.688. The molecule has 0 saturated carbocycles. The van der Waals surface area contributed by atoms with E-state index < -0.39 is 11.7 Å². The SMILES string of the molecule is CC(C)(C)c1ccc(O)c(NC(=O)C2CCN(c3ccc(C(F)(F)F)cn3)CC2)c1. The van der Waals surface area contributed by atoms with Crippen molar-refractivity contribution in [3.8, 4) is 5.75 Å². The minimum absolute atomic E-state index is 0.0164. The van der Waals surface area contributed by atoms with Crippen molar-refractivity contribution in [2.24, 2.45) is 5.92 Å². The molecule has 1 amide bonds. The molecule has 2 aromatic rings. The Morgan fingerprint density at radius 2 is 1.73 bits per heavy atom. The van der Waals surface area contributed by atoms with Crippen molar-refractivity contribution in [1.29, 1.82) is 0 Å². The van der Waals surface area contributed by atoms with Crippen LogP contribution in [-0.2, 0) is 16.4 Å². The summed E-state index contributed by atoms with van der Waals surface area (Å²) in [6.07, 6.45) is -2.48. The Bertz CT molecular complexity index is 897. The maximum atomic E-state index is 12.7. The molecule has 0 unspecified atom stereocenters. The fourth-order valence-corrected chi connectivity index (χ4v) is 3.45. The molecule has 1 saturated heterocycles. The highest BCUT2D eigenvalue weighted by Gasteiger charge is 2.31. The molecule has 1 aliphatic heterocycles. The highest BCUT2D eigenvalue weighted by molar-refractivity contribution is 5.94. The van der Waals surface area contributed by atoms with Crippen molar-refractivity contribution in [1.82, 2.24) is 4.98 Å². The molecular weight excluding hydrogens is 395 g/mol. The van der Waals surface area contributed by atoms with Crippen molar-refractivity contribution in [3.63, 3.8) is 0 Å². The molecule has 1 aromatic heterocycles. The molecule has 0 bridgehead atoms. The number of piperidine rings is 1. The third kappa shape index (κ3) is 5.04. The predicted octanol–water partition coefficient (Wildman–Crippen LogP) is 4.96. The highest BCUT2D eigenvalue weighted by Crippen LogP contribution is 2.33. The molecule has 2 heterocycles. The van der Waals surface area contributed by atoms with Gasteiger partial charge in [0.1, 0.15) is 11.6 Å². The zero-order chi connectivity index (χ0) is 22.1. The Morgan fingerprint density at radius 3 is 2.27 bits per heavy atom. The van der Waals surface area contributed by atoms with Crippen LogP contribution in [0.15, 0.2) is 36.5 Å². The third-order valence-electron chi connectivity index (χ3n) is 5.39. The van der Waals surface area contributed by atoms with E-state index in [9.17, 15) is 23.1 Å². The Morgan fingerprint density at radius 1 is 1.10 bits per heavy atom. The van der Waals surface area contributed by atoms with Gasteiger partial charge in [0.05, 0.1) is 11.3 Å². The van der Waals surface area contributed by atoms with E-state index in [4.69, 9.17) is 0 Å². The number of aromatic hydroxyl groups is 1. The van der Waals surface area contributed by atoms with Crippen LogP contribution in [0.2, 0.25) is 0 Å². The van der Waals surface area contributed by atoms with E-state index in [-0.39, 0.29) is 23.0 Å². The summed E-state index contributed by atoms with van der Waals surface area (Å²) in [5, 5.41) is 12.9. The lowest BCUT2D eigenvalue weighted by Crippen LogP contribution is -2.38. The summed E-state index contributed by atoms with van der Waals surface area (Å²) in [7, 11) is 0. The number of carbonyl (C=O) groups excluding carboxylic acids is 1. The molecular formula is C22H26F3N3O2. The largest absolute Gasteiger partial charge is 0.506 e. The second-order valence-corrected chi connectivity index (χ2v) is 8.64. The average Bonchev–Trinajstić information content (AvgIpc) is 2.68. The number of nitrogens with one attached hydrogen (secondary N) is 1. The molecule has 162 valence electrons. The van der Waals surface area contributed by atoms with E-state index in [0.29, 0.717) is 37.4 Å². The van der Waals surface area contributed by atoms with Crippen molar-refractivity contribution >= 4 is 17.4 Å². The number of hydrogen-bond acceptors (Lipinski definition) is 4. The fourth-order valence-electron chi connectivity index (χ4n) is 3.45. The van der Waals surface area contributed by atoms with Crippen LogP contribution in [-0.4, -0.2) is 29.1 Å². The number of benzene rings is 1. The molecule has 1 fully saturated rings. The summed E-state index contributed by atoms with van der Waals surface area (Å²) < 4.78 is 38.1. The highest BCUT2D eigenvalue weighted by atomic mass is 19.4. The van der Waals surface area contributed by atoms with E-state index in [1.807, 2.05) is 11.0 Å². The third-order valence-corrected chi connectivity index (χ3v) is 5.39. The van der Waals surface area contributed by atoms with Gasteiger partial charge in [-0.1, -0.05) is 26.8 Å². The van der Waals surface area contributed by atoms with Crippen LogP contribution >= 0.6 is 0 Å². The lowest BCUT2D eigenvalue weighted by molar-refractivity contribution is -0.137. The first-order valence-corrected chi connectivity index (χ1v) is 9.88. The number of nitrogens with zero attached hydrogens (tertiary/aromatic N) is 2. The van der Waals surface area contributed by atoms with E-state index in [1.54, 1.807) is 12.1 Å². The van der Waals surface area contributed by atoms with Gasteiger partial charge in [0.25, 0.3) is 0 Å². The van der Waals surface area contributed by atoms with Gasteiger partial charge in [0.15, 0.2) is 0 Å². The summed E-state index contributed by atoms with van der Waals surface area (Å²) in [6, 6.07) is 7.58. The summed E-state index contributed by atoms with van der Waals surface area (Å²) in [5.74, 6) is 0.0740. The van der Waals surface area contributed by atoms with E-state index in [1.165, 1.54) is 6.07 Å². The molecule has 1 aliphatic rings. The Labute approximate surface area is 173 Å². The number of amides is 1. The van der Waals surface area contributed by atoms with Crippen molar-refractivity contribution < 1.29 is 23.1 Å². The second kappa shape index (κ2) is 8.16. The van der Waals surface area contributed by atoms with Gasteiger partial charge in [-0.3, -0.25) is 4.79 Å². The van der Waals surface area contributed by atoms with Gasteiger partial charge in [-0.05, 0) is 48.1 Å².